The van der Waals surface area contributed by atoms with Crippen LogP contribution in [-0.2, 0) is 9.59 Å². The molecule has 1 N–H and O–H groups in total. The molecule has 0 aliphatic carbocycles. The highest BCUT2D eigenvalue weighted by Crippen LogP contribution is 2.17. The van der Waals surface area contributed by atoms with Gasteiger partial charge in [0.05, 0.1) is 13.1 Å². The summed E-state index contributed by atoms with van der Waals surface area (Å²) in [6, 6.07) is 7.08. The fourth-order valence-corrected chi connectivity index (χ4v) is 2.65. The molecule has 1 aromatic carbocycles. The maximum absolute atomic E-state index is 12.0. The Labute approximate surface area is 132 Å². The lowest BCUT2D eigenvalue weighted by Crippen LogP contribution is -2.60. The first kappa shape index (κ1) is 15.8. The van der Waals surface area contributed by atoms with Crippen LogP contribution in [-0.4, -0.2) is 42.5 Å². The lowest BCUT2D eigenvalue weighted by Gasteiger charge is -2.37. The standard InChI is InChI=1S/C15H19BrN2O3/c1-10(2)14-15(20)17-9-13(19)18(14)7-8-21-12-5-3-11(16)4-6-12/h3-6,10,14H,7-9H2,1-2H3,(H,17,20). The number of rotatable bonds is 5. The molecule has 1 aliphatic heterocycles. The molecule has 1 fully saturated rings. The molecule has 0 radical (unpaired) electrons. The van der Waals surface area contributed by atoms with Crippen molar-refractivity contribution in [1.82, 2.24) is 10.2 Å². The van der Waals surface area contributed by atoms with Gasteiger partial charge in [-0.2, -0.15) is 0 Å². The number of carbonyl (C=O) groups excluding carboxylic acids is 2. The number of halogens is 1. The highest BCUT2D eigenvalue weighted by atomic mass is 79.9. The van der Waals surface area contributed by atoms with Crippen LogP contribution >= 0.6 is 15.9 Å². The van der Waals surface area contributed by atoms with Gasteiger partial charge in [0, 0.05) is 4.47 Å². The number of carbonyl (C=O) groups is 2. The monoisotopic (exact) mass is 354 g/mol. The maximum Gasteiger partial charge on any atom is 0.243 e. The van der Waals surface area contributed by atoms with E-state index in [0.717, 1.165) is 10.2 Å². The first-order valence-electron chi connectivity index (χ1n) is 6.94. The third kappa shape index (κ3) is 3.97. The summed E-state index contributed by atoms with van der Waals surface area (Å²) in [6.07, 6.45) is 0. The summed E-state index contributed by atoms with van der Waals surface area (Å²) in [4.78, 5) is 25.5. The number of benzene rings is 1. The molecule has 1 aromatic rings. The van der Waals surface area contributed by atoms with Crippen molar-refractivity contribution < 1.29 is 14.3 Å². The molecule has 1 atom stereocenters. The Balaban J connectivity index is 1.94. The number of amides is 2. The molecular formula is C15H19BrN2O3. The third-order valence-electron chi connectivity index (χ3n) is 3.38. The number of ether oxygens (including phenoxy) is 1. The van der Waals surface area contributed by atoms with Gasteiger partial charge < -0.3 is 15.0 Å². The second kappa shape index (κ2) is 6.93. The molecule has 1 unspecified atom stereocenters. The van der Waals surface area contributed by atoms with E-state index < -0.39 is 6.04 Å². The highest BCUT2D eigenvalue weighted by molar-refractivity contribution is 9.10. The first-order valence-corrected chi connectivity index (χ1v) is 7.74. The Bertz CT molecular complexity index is 516. The number of nitrogens with zero attached hydrogens (tertiary/aromatic N) is 1. The predicted octanol–water partition coefficient (Wildman–Crippen LogP) is 1.81. The summed E-state index contributed by atoms with van der Waals surface area (Å²) in [6.45, 7) is 4.71. The minimum absolute atomic E-state index is 0.0623. The molecule has 1 heterocycles. The van der Waals surface area contributed by atoms with Crippen LogP contribution in [0.2, 0.25) is 0 Å². The number of hydrogen-bond donors (Lipinski definition) is 1. The van der Waals surface area contributed by atoms with E-state index in [1.807, 2.05) is 38.1 Å². The molecular weight excluding hydrogens is 336 g/mol. The average molecular weight is 355 g/mol. The van der Waals surface area contributed by atoms with Crippen LogP contribution in [0.15, 0.2) is 28.7 Å². The van der Waals surface area contributed by atoms with Gasteiger partial charge in [-0.15, -0.1) is 0 Å². The van der Waals surface area contributed by atoms with Crippen molar-refractivity contribution in [2.24, 2.45) is 5.92 Å². The van der Waals surface area contributed by atoms with Gasteiger partial charge in [-0.1, -0.05) is 29.8 Å². The van der Waals surface area contributed by atoms with Crippen LogP contribution < -0.4 is 10.1 Å². The van der Waals surface area contributed by atoms with Crippen LogP contribution in [0.5, 0.6) is 5.75 Å². The average Bonchev–Trinajstić information content (AvgIpc) is 2.44. The van der Waals surface area contributed by atoms with Crippen molar-refractivity contribution in [1.29, 1.82) is 0 Å². The molecule has 114 valence electrons. The fraction of sp³-hybridized carbons (Fsp3) is 0.467. The Kier molecular flexibility index (Phi) is 5.22. The third-order valence-corrected chi connectivity index (χ3v) is 3.91. The number of hydrogen-bond acceptors (Lipinski definition) is 3. The normalized spacial score (nSPS) is 18.9. The van der Waals surface area contributed by atoms with E-state index in [9.17, 15) is 9.59 Å². The second-order valence-corrected chi connectivity index (χ2v) is 6.21. The zero-order valence-electron chi connectivity index (χ0n) is 12.1. The van der Waals surface area contributed by atoms with E-state index in [4.69, 9.17) is 4.74 Å². The maximum atomic E-state index is 12.0. The van der Waals surface area contributed by atoms with E-state index in [1.54, 1.807) is 4.90 Å². The van der Waals surface area contributed by atoms with Crippen LogP contribution in [0.4, 0.5) is 0 Å². The van der Waals surface area contributed by atoms with Gasteiger partial charge in [-0.25, -0.2) is 0 Å². The molecule has 0 spiro atoms. The fourth-order valence-electron chi connectivity index (χ4n) is 2.38. The van der Waals surface area contributed by atoms with E-state index >= 15 is 0 Å². The molecule has 2 amide bonds. The summed E-state index contributed by atoms with van der Waals surface area (Å²) in [5, 5.41) is 2.63. The van der Waals surface area contributed by atoms with Gasteiger partial charge in [0.25, 0.3) is 0 Å². The quantitative estimate of drug-likeness (QED) is 0.877. The molecule has 1 aliphatic rings. The predicted molar refractivity (Wildman–Crippen MR) is 83.0 cm³/mol. The van der Waals surface area contributed by atoms with Gasteiger partial charge in [-0.05, 0) is 30.2 Å². The molecule has 6 heteroatoms. The summed E-state index contributed by atoms with van der Waals surface area (Å²) in [5.41, 5.74) is 0. The summed E-state index contributed by atoms with van der Waals surface area (Å²) in [7, 11) is 0. The molecule has 2 rings (SSSR count). The number of nitrogens with one attached hydrogen (secondary N) is 1. The van der Waals surface area contributed by atoms with Gasteiger partial charge >= 0.3 is 0 Å². The Morgan fingerprint density at radius 2 is 2.00 bits per heavy atom. The highest BCUT2D eigenvalue weighted by Gasteiger charge is 2.36. The zero-order valence-corrected chi connectivity index (χ0v) is 13.7. The van der Waals surface area contributed by atoms with Crippen molar-refractivity contribution in [2.75, 3.05) is 19.7 Å². The van der Waals surface area contributed by atoms with Crippen molar-refractivity contribution >= 4 is 27.7 Å². The SMILES string of the molecule is CC(C)C1C(=O)NCC(=O)N1CCOc1ccc(Br)cc1. The minimum atomic E-state index is -0.417. The van der Waals surface area contributed by atoms with Gasteiger partial charge in [0.2, 0.25) is 11.8 Å². The van der Waals surface area contributed by atoms with Crippen LogP contribution in [0.3, 0.4) is 0 Å². The van der Waals surface area contributed by atoms with Crippen molar-refractivity contribution in [2.45, 2.75) is 19.9 Å². The largest absolute Gasteiger partial charge is 0.492 e. The zero-order chi connectivity index (χ0) is 15.4. The van der Waals surface area contributed by atoms with Crippen molar-refractivity contribution in [3.8, 4) is 5.75 Å². The molecule has 21 heavy (non-hydrogen) atoms. The topological polar surface area (TPSA) is 58.6 Å². The van der Waals surface area contributed by atoms with Gasteiger partial charge in [0.1, 0.15) is 18.4 Å². The van der Waals surface area contributed by atoms with E-state index in [-0.39, 0.29) is 24.3 Å². The van der Waals surface area contributed by atoms with Gasteiger partial charge in [-0.3, -0.25) is 9.59 Å². The van der Waals surface area contributed by atoms with Crippen LogP contribution in [0, 0.1) is 5.92 Å². The summed E-state index contributed by atoms with van der Waals surface area (Å²) >= 11 is 3.36. The molecule has 0 aromatic heterocycles. The van der Waals surface area contributed by atoms with Gasteiger partial charge in [0.15, 0.2) is 0 Å². The van der Waals surface area contributed by atoms with Crippen LogP contribution in [0.25, 0.3) is 0 Å². The lowest BCUT2D eigenvalue weighted by atomic mass is 9.99. The van der Waals surface area contributed by atoms with E-state index in [0.29, 0.717) is 13.2 Å². The smallest absolute Gasteiger partial charge is 0.243 e. The lowest BCUT2D eigenvalue weighted by molar-refractivity contribution is -0.147. The summed E-state index contributed by atoms with van der Waals surface area (Å²) < 4.78 is 6.61. The van der Waals surface area contributed by atoms with Crippen molar-refractivity contribution in [3.05, 3.63) is 28.7 Å². The van der Waals surface area contributed by atoms with E-state index in [1.165, 1.54) is 0 Å². The molecule has 0 saturated carbocycles. The van der Waals surface area contributed by atoms with E-state index in [2.05, 4.69) is 21.2 Å². The first-order chi connectivity index (χ1) is 9.99. The summed E-state index contributed by atoms with van der Waals surface area (Å²) in [5.74, 6) is 0.663. The Morgan fingerprint density at radius 3 is 2.62 bits per heavy atom. The molecule has 0 bridgehead atoms. The van der Waals surface area contributed by atoms with Crippen molar-refractivity contribution in [3.63, 3.8) is 0 Å². The molecule has 1 saturated heterocycles. The minimum Gasteiger partial charge on any atom is -0.492 e. The Morgan fingerprint density at radius 1 is 1.33 bits per heavy atom. The van der Waals surface area contributed by atoms with Crippen LogP contribution in [0.1, 0.15) is 13.8 Å². The molecule has 5 nitrogen and oxygen atoms in total. The second-order valence-electron chi connectivity index (χ2n) is 5.30. The number of piperazine rings is 1. The Hall–Kier alpha value is -1.56.